The first-order valence-corrected chi connectivity index (χ1v) is 11.7. The molecule has 0 radical (unpaired) electrons. The lowest BCUT2D eigenvalue weighted by Crippen LogP contribution is -2.39. The third-order valence-electron chi connectivity index (χ3n) is 4.41. The minimum atomic E-state index is -0.273. The minimum Gasteiger partial charge on any atom is -0.337 e. The van der Waals surface area contributed by atoms with Gasteiger partial charge < -0.3 is 15.1 Å². The van der Waals surface area contributed by atoms with Crippen LogP contribution in [0.1, 0.15) is 56.0 Å². The number of amides is 3. The Morgan fingerprint density at radius 1 is 1.13 bits per heavy atom. The van der Waals surface area contributed by atoms with E-state index in [0.717, 1.165) is 12.8 Å². The van der Waals surface area contributed by atoms with Crippen molar-refractivity contribution < 1.29 is 9.59 Å². The monoisotopic (exact) mass is 470 g/mol. The molecule has 3 amide bonds. The van der Waals surface area contributed by atoms with Gasteiger partial charge in [0.1, 0.15) is 10.7 Å². The molecule has 164 valence electrons. The summed E-state index contributed by atoms with van der Waals surface area (Å²) < 4.78 is 0. The average Bonchev–Trinajstić information content (AvgIpc) is 3.16. The van der Waals surface area contributed by atoms with E-state index in [4.69, 9.17) is 23.2 Å². The van der Waals surface area contributed by atoms with Crippen molar-refractivity contribution in [3.05, 3.63) is 44.3 Å². The number of benzene rings is 1. The largest absolute Gasteiger partial charge is 0.337 e. The predicted octanol–water partition coefficient (Wildman–Crippen LogP) is 6.15. The van der Waals surface area contributed by atoms with Crippen LogP contribution in [0.4, 0.5) is 10.5 Å². The number of anilines is 1. The molecule has 0 aliphatic rings. The quantitative estimate of drug-likeness (QED) is 0.477. The van der Waals surface area contributed by atoms with Gasteiger partial charge in [0.2, 0.25) is 0 Å². The van der Waals surface area contributed by atoms with E-state index in [1.54, 1.807) is 28.5 Å². The van der Waals surface area contributed by atoms with E-state index in [9.17, 15) is 9.59 Å². The second-order valence-corrected chi connectivity index (χ2v) is 8.96. The number of nitrogens with one attached hydrogen (secondary N) is 1. The Bertz CT molecular complexity index is 866. The van der Waals surface area contributed by atoms with Crippen LogP contribution in [-0.2, 0) is 6.54 Å². The molecule has 2 aromatic rings. The van der Waals surface area contributed by atoms with E-state index in [0.29, 0.717) is 46.1 Å². The van der Waals surface area contributed by atoms with Gasteiger partial charge in [0.25, 0.3) is 5.91 Å². The Morgan fingerprint density at radius 3 is 2.37 bits per heavy atom. The lowest BCUT2D eigenvalue weighted by Gasteiger charge is -2.26. The average molecular weight is 471 g/mol. The zero-order valence-electron chi connectivity index (χ0n) is 17.7. The highest BCUT2D eigenvalue weighted by molar-refractivity contribution is 7.09. The van der Waals surface area contributed by atoms with Crippen LogP contribution in [0.5, 0.6) is 0 Å². The van der Waals surface area contributed by atoms with Crippen molar-refractivity contribution in [2.45, 2.75) is 53.1 Å². The van der Waals surface area contributed by atoms with Crippen LogP contribution in [0.25, 0.3) is 0 Å². The van der Waals surface area contributed by atoms with Gasteiger partial charge in [-0.25, -0.2) is 9.78 Å². The zero-order chi connectivity index (χ0) is 22.3. The summed E-state index contributed by atoms with van der Waals surface area (Å²) in [6.45, 7) is 9.69. The number of thiazole rings is 1. The number of aromatic nitrogens is 1. The molecule has 0 saturated carbocycles. The molecule has 0 saturated heterocycles. The van der Waals surface area contributed by atoms with E-state index in [1.165, 1.54) is 11.3 Å². The summed E-state index contributed by atoms with van der Waals surface area (Å²) in [6.07, 6.45) is 1.80. The molecule has 0 atom stereocenters. The lowest BCUT2D eigenvalue weighted by molar-refractivity contribution is 0.0750. The first kappa shape index (κ1) is 24.4. The van der Waals surface area contributed by atoms with Crippen LogP contribution < -0.4 is 5.32 Å². The normalized spacial score (nSPS) is 10.9. The van der Waals surface area contributed by atoms with Crippen molar-refractivity contribution in [3.63, 3.8) is 0 Å². The molecule has 9 heteroatoms. The molecule has 1 N–H and O–H groups in total. The van der Waals surface area contributed by atoms with Crippen LogP contribution in [0.2, 0.25) is 10.0 Å². The highest BCUT2D eigenvalue weighted by atomic mass is 35.5. The third-order valence-corrected chi connectivity index (χ3v) is 5.98. The molecule has 1 heterocycles. The fourth-order valence-electron chi connectivity index (χ4n) is 2.90. The van der Waals surface area contributed by atoms with E-state index in [-0.39, 0.29) is 18.0 Å². The molecule has 0 aliphatic heterocycles. The molecule has 0 fully saturated rings. The first-order valence-electron chi connectivity index (χ1n) is 10.0. The number of rotatable bonds is 9. The second kappa shape index (κ2) is 11.5. The molecule has 1 aromatic heterocycles. The molecular weight excluding hydrogens is 443 g/mol. The number of hydrogen-bond acceptors (Lipinski definition) is 4. The van der Waals surface area contributed by atoms with E-state index in [2.05, 4.69) is 24.1 Å². The minimum absolute atomic E-state index is 0.0578. The number of urea groups is 1. The van der Waals surface area contributed by atoms with E-state index in [1.807, 2.05) is 18.7 Å². The van der Waals surface area contributed by atoms with Crippen LogP contribution in [0, 0.1) is 0 Å². The summed E-state index contributed by atoms with van der Waals surface area (Å²) in [5.74, 6) is -0.0578. The number of carbonyl (C=O) groups excluding carboxylic acids is 2. The fraction of sp³-hybridized carbons (Fsp3) is 0.476. The Balaban J connectivity index is 2.10. The van der Waals surface area contributed by atoms with E-state index >= 15 is 0 Å². The van der Waals surface area contributed by atoms with Gasteiger partial charge in [0, 0.05) is 30.2 Å². The number of halogens is 2. The van der Waals surface area contributed by atoms with Gasteiger partial charge in [-0.2, -0.15) is 0 Å². The van der Waals surface area contributed by atoms with Crippen LogP contribution in [0.15, 0.2) is 23.6 Å². The van der Waals surface area contributed by atoms with Gasteiger partial charge in [-0.1, -0.05) is 37.0 Å². The standard InChI is InChI=1S/C21H28Cl2N4O2S/c1-5-9-26(10-6-2)20(28)18-13-30-19(25-18)12-27(14(3)4)21(29)24-15-7-8-16(22)17(23)11-15/h7-8,11,13-14H,5-6,9-10,12H2,1-4H3,(H,24,29). The number of hydrogen-bond donors (Lipinski definition) is 1. The maximum atomic E-state index is 12.8. The molecule has 0 spiro atoms. The highest BCUT2D eigenvalue weighted by Crippen LogP contribution is 2.25. The summed E-state index contributed by atoms with van der Waals surface area (Å²) in [6, 6.07) is 4.60. The summed E-state index contributed by atoms with van der Waals surface area (Å²) in [5, 5.41) is 6.12. The number of carbonyl (C=O) groups is 2. The zero-order valence-corrected chi connectivity index (χ0v) is 20.1. The van der Waals surface area contributed by atoms with Crippen LogP contribution in [0.3, 0.4) is 0 Å². The van der Waals surface area contributed by atoms with Gasteiger partial charge in [0.15, 0.2) is 0 Å². The summed E-state index contributed by atoms with van der Waals surface area (Å²) in [4.78, 5) is 33.5. The number of nitrogens with zero attached hydrogens (tertiary/aromatic N) is 3. The third kappa shape index (κ3) is 6.59. The molecular formula is C21H28Cl2N4O2S. The summed E-state index contributed by atoms with van der Waals surface area (Å²) in [5.41, 5.74) is 0.996. The highest BCUT2D eigenvalue weighted by Gasteiger charge is 2.22. The topological polar surface area (TPSA) is 65.5 Å². The first-order chi connectivity index (χ1) is 14.3. The van der Waals surface area contributed by atoms with Gasteiger partial charge in [-0.15, -0.1) is 11.3 Å². The molecule has 1 aromatic carbocycles. The van der Waals surface area contributed by atoms with Crippen LogP contribution >= 0.6 is 34.5 Å². The Kier molecular flexibility index (Phi) is 9.39. The molecule has 6 nitrogen and oxygen atoms in total. The van der Waals surface area contributed by atoms with Crippen molar-refractivity contribution in [2.75, 3.05) is 18.4 Å². The van der Waals surface area contributed by atoms with Crippen LogP contribution in [-0.4, -0.2) is 45.9 Å². The Morgan fingerprint density at radius 2 is 1.80 bits per heavy atom. The molecule has 0 aliphatic carbocycles. The van der Waals surface area contributed by atoms with Gasteiger partial charge >= 0.3 is 6.03 Å². The van der Waals surface area contributed by atoms with Crippen molar-refractivity contribution in [3.8, 4) is 0 Å². The molecule has 0 bridgehead atoms. The molecule has 2 rings (SSSR count). The van der Waals surface area contributed by atoms with Crippen molar-refractivity contribution >= 4 is 52.2 Å². The summed E-state index contributed by atoms with van der Waals surface area (Å²) in [7, 11) is 0. The van der Waals surface area contributed by atoms with Crippen molar-refractivity contribution in [2.24, 2.45) is 0 Å². The van der Waals surface area contributed by atoms with E-state index < -0.39 is 0 Å². The Labute approximate surface area is 192 Å². The molecule has 0 unspecified atom stereocenters. The Hall–Kier alpha value is -1.83. The maximum Gasteiger partial charge on any atom is 0.322 e. The maximum absolute atomic E-state index is 12.8. The predicted molar refractivity (Wildman–Crippen MR) is 125 cm³/mol. The fourth-order valence-corrected chi connectivity index (χ4v) is 3.97. The SMILES string of the molecule is CCCN(CCC)C(=O)c1csc(CN(C(=O)Nc2ccc(Cl)c(Cl)c2)C(C)C)n1. The van der Waals surface area contributed by atoms with Crippen molar-refractivity contribution in [1.82, 2.24) is 14.8 Å². The van der Waals surface area contributed by atoms with Gasteiger partial charge in [0.05, 0.1) is 16.6 Å². The van der Waals surface area contributed by atoms with Crippen molar-refractivity contribution in [1.29, 1.82) is 0 Å². The second-order valence-electron chi connectivity index (χ2n) is 7.20. The summed E-state index contributed by atoms with van der Waals surface area (Å²) >= 11 is 13.4. The molecule has 30 heavy (non-hydrogen) atoms. The van der Waals surface area contributed by atoms with Gasteiger partial charge in [-0.05, 0) is 44.9 Å². The van der Waals surface area contributed by atoms with Gasteiger partial charge in [-0.3, -0.25) is 4.79 Å². The lowest BCUT2D eigenvalue weighted by atomic mass is 10.3. The smallest absolute Gasteiger partial charge is 0.322 e.